The van der Waals surface area contributed by atoms with Gasteiger partial charge in [0.05, 0.1) is 9.64 Å². The van der Waals surface area contributed by atoms with Crippen LogP contribution in [0.4, 0.5) is 0 Å². The van der Waals surface area contributed by atoms with Crippen LogP contribution in [0.2, 0.25) is 0 Å². The second kappa shape index (κ2) is 16.5. The van der Waals surface area contributed by atoms with Crippen molar-refractivity contribution in [2.75, 3.05) is 13.1 Å². The summed E-state index contributed by atoms with van der Waals surface area (Å²) in [6.45, 7) is 5.20. The zero-order valence-electron chi connectivity index (χ0n) is 31.8. The highest BCUT2D eigenvalue weighted by molar-refractivity contribution is 8.01. The van der Waals surface area contributed by atoms with Gasteiger partial charge in [-0.2, -0.15) is 4.31 Å². The van der Waals surface area contributed by atoms with Crippen molar-refractivity contribution < 1.29 is 22.7 Å². The van der Waals surface area contributed by atoms with Gasteiger partial charge in [0.1, 0.15) is 18.2 Å². The van der Waals surface area contributed by atoms with Crippen LogP contribution in [-0.4, -0.2) is 59.5 Å². The van der Waals surface area contributed by atoms with Gasteiger partial charge in [-0.05, 0) is 72.4 Å². The van der Waals surface area contributed by atoms with E-state index in [9.17, 15) is 13.2 Å². The molecule has 56 heavy (non-hydrogen) atoms. The maximum absolute atomic E-state index is 15.1. The predicted molar refractivity (Wildman–Crippen MR) is 225 cm³/mol. The average Bonchev–Trinajstić information content (AvgIpc) is 3.64. The molecule has 1 fully saturated rings. The Morgan fingerprint density at radius 2 is 1.20 bits per heavy atom. The predicted octanol–water partition coefficient (Wildman–Crippen LogP) is 9.07. The van der Waals surface area contributed by atoms with Gasteiger partial charge in [-0.25, -0.2) is 8.42 Å². The van der Waals surface area contributed by atoms with Gasteiger partial charge in [0.25, 0.3) is 0 Å². The lowest BCUT2D eigenvalue weighted by Crippen LogP contribution is -2.49. The fourth-order valence-corrected chi connectivity index (χ4v) is 11.1. The summed E-state index contributed by atoms with van der Waals surface area (Å²) in [7, 11) is -4.21. The molecule has 0 spiro atoms. The van der Waals surface area contributed by atoms with Crippen molar-refractivity contribution in [3.63, 3.8) is 0 Å². The van der Waals surface area contributed by atoms with E-state index >= 15 is 4.79 Å². The number of carbonyl (C=O) groups is 2. The van der Waals surface area contributed by atoms with E-state index in [-0.39, 0.29) is 36.2 Å². The van der Waals surface area contributed by atoms with Crippen molar-refractivity contribution in [1.29, 1.82) is 0 Å². The molecule has 6 aromatic carbocycles. The van der Waals surface area contributed by atoms with E-state index in [0.29, 0.717) is 0 Å². The Balaban J connectivity index is 1.34. The van der Waals surface area contributed by atoms with Crippen LogP contribution >= 0.6 is 11.8 Å². The number of ether oxygens (including phenoxy) is 1. The topological polar surface area (TPSA) is 84.0 Å². The van der Waals surface area contributed by atoms with E-state index < -0.39 is 38.3 Å². The normalized spacial score (nSPS) is 16.4. The first-order chi connectivity index (χ1) is 26.9. The average molecular weight is 783 g/mol. The number of sulfonamides is 1. The molecule has 0 aliphatic carbocycles. The summed E-state index contributed by atoms with van der Waals surface area (Å²) in [6.07, 6.45) is 0.226. The molecule has 286 valence electrons. The monoisotopic (exact) mass is 782 g/mol. The van der Waals surface area contributed by atoms with Gasteiger partial charge >= 0.3 is 5.97 Å². The van der Waals surface area contributed by atoms with Gasteiger partial charge < -0.3 is 9.64 Å². The van der Waals surface area contributed by atoms with Gasteiger partial charge in [-0.1, -0.05) is 152 Å². The number of thioether (sulfide) groups is 1. The Labute approximate surface area is 334 Å². The molecule has 7 nitrogen and oxygen atoms in total. The number of esters is 1. The number of amides is 1. The van der Waals surface area contributed by atoms with Crippen LogP contribution in [0.3, 0.4) is 0 Å². The highest BCUT2D eigenvalue weighted by Gasteiger charge is 2.49. The number of fused-ring (bicyclic) bond motifs is 1. The third-order valence-electron chi connectivity index (χ3n) is 9.98. The molecule has 9 heteroatoms. The molecule has 0 aromatic heterocycles. The van der Waals surface area contributed by atoms with Crippen LogP contribution < -0.4 is 0 Å². The van der Waals surface area contributed by atoms with E-state index in [0.717, 1.165) is 33.0 Å². The number of benzene rings is 6. The van der Waals surface area contributed by atoms with Gasteiger partial charge in [-0.15, -0.1) is 11.8 Å². The molecule has 0 radical (unpaired) electrons. The summed E-state index contributed by atoms with van der Waals surface area (Å²) in [6, 6.07) is 51.8. The van der Waals surface area contributed by atoms with Crippen LogP contribution in [0.5, 0.6) is 0 Å². The Kier molecular flexibility index (Phi) is 11.5. The number of nitrogens with zero attached hydrogens (tertiary/aromatic N) is 2. The summed E-state index contributed by atoms with van der Waals surface area (Å²) >= 11 is 1.67. The van der Waals surface area contributed by atoms with E-state index in [2.05, 4.69) is 36.4 Å². The van der Waals surface area contributed by atoms with Crippen molar-refractivity contribution in [1.82, 2.24) is 9.21 Å². The molecular weight excluding hydrogens is 737 g/mol. The fraction of sp³-hybridized carbons (Fsp3) is 0.234. The van der Waals surface area contributed by atoms with Crippen LogP contribution in [-0.2, 0) is 35.6 Å². The van der Waals surface area contributed by atoms with Gasteiger partial charge in [-0.3, -0.25) is 9.59 Å². The summed E-state index contributed by atoms with van der Waals surface area (Å²) in [5.74, 6) is -1.01. The van der Waals surface area contributed by atoms with Gasteiger partial charge in [0.15, 0.2) is 0 Å². The summed E-state index contributed by atoms with van der Waals surface area (Å²) in [5, 5.41) is 1.37. The summed E-state index contributed by atoms with van der Waals surface area (Å²) < 4.78 is 36.2. The Hall–Kier alpha value is -5.22. The molecule has 1 aliphatic rings. The van der Waals surface area contributed by atoms with E-state index in [1.54, 1.807) is 50.7 Å². The Morgan fingerprint density at radius 1 is 0.696 bits per heavy atom. The Bertz CT molecular complexity index is 2290. The number of hydrogen-bond acceptors (Lipinski definition) is 6. The number of hydrogen-bond donors (Lipinski definition) is 0. The minimum Gasteiger partial charge on any atom is -0.459 e. The Morgan fingerprint density at radius 3 is 1.73 bits per heavy atom. The molecule has 1 aliphatic heterocycles. The largest absolute Gasteiger partial charge is 0.459 e. The molecule has 1 heterocycles. The van der Waals surface area contributed by atoms with Crippen LogP contribution in [0.25, 0.3) is 10.8 Å². The lowest BCUT2D eigenvalue weighted by molar-refractivity contribution is -0.159. The summed E-state index contributed by atoms with van der Waals surface area (Å²) in [4.78, 5) is 30.0. The standard InChI is InChI=1S/C47H46N2O5S2/c1-46(2,3)54-44(50)34-48(32-35-18-8-4-9-19-35)45(51)43-31-41(33-49(43)56(52,53)42-29-28-36-20-16-17-21-37(36)30-42)55-47(38-22-10-5-11-23-38,39-24-12-6-13-25-39)40-26-14-7-15-27-40/h4-30,41,43H,31-34H2,1-3H3/t41-,43+/m1/s1. The van der Waals surface area contributed by atoms with Crippen molar-refractivity contribution in [2.24, 2.45) is 0 Å². The third-order valence-corrected chi connectivity index (χ3v) is 13.6. The molecule has 1 saturated heterocycles. The van der Waals surface area contributed by atoms with Gasteiger partial charge in [0.2, 0.25) is 15.9 Å². The van der Waals surface area contributed by atoms with E-state index in [1.807, 2.05) is 109 Å². The molecule has 0 bridgehead atoms. The maximum Gasteiger partial charge on any atom is 0.326 e. The summed E-state index contributed by atoms with van der Waals surface area (Å²) in [5.41, 5.74) is 3.16. The van der Waals surface area contributed by atoms with Crippen LogP contribution in [0, 0.1) is 0 Å². The smallest absolute Gasteiger partial charge is 0.326 e. The number of rotatable bonds is 12. The lowest BCUT2D eigenvalue weighted by Gasteiger charge is -2.37. The molecule has 7 rings (SSSR count). The molecule has 0 unspecified atom stereocenters. The van der Waals surface area contributed by atoms with Crippen molar-refractivity contribution >= 4 is 44.4 Å². The van der Waals surface area contributed by atoms with Crippen molar-refractivity contribution in [2.45, 2.75) is 60.3 Å². The molecule has 6 aromatic rings. The van der Waals surface area contributed by atoms with Crippen molar-refractivity contribution in [3.8, 4) is 0 Å². The zero-order valence-corrected chi connectivity index (χ0v) is 33.5. The minimum absolute atomic E-state index is 0.0795. The van der Waals surface area contributed by atoms with Crippen molar-refractivity contribution in [3.05, 3.63) is 186 Å². The molecule has 0 N–H and O–H groups in total. The van der Waals surface area contributed by atoms with Crippen LogP contribution in [0.1, 0.15) is 49.4 Å². The zero-order chi connectivity index (χ0) is 39.3. The highest BCUT2D eigenvalue weighted by Crippen LogP contribution is 2.52. The first kappa shape index (κ1) is 39.0. The van der Waals surface area contributed by atoms with E-state index in [1.165, 1.54) is 9.21 Å². The second-order valence-electron chi connectivity index (χ2n) is 15.1. The first-order valence-corrected chi connectivity index (χ1v) is 21.2. The van der Waals surface area contributed by atoms with E-state index in [4.69, 9.17) is 4.74 Å². The molecule has 0 saturated carbocycles. The fourth-order valence-electron chi connectivity index (χ4n) is 7.54. The lowest BCUT2D eigenvalue weighted by atomic mass is 9.84. The molecule has 1 amide bonds. The quantitative estimate of drug-likeness (QED) is 0.0911. The highest BCUT2D eigenvalue weighted by atomic mass is 32.2. The van der Waals surface area contributed by atoms with Gasteiger partial charge in [0, 0.05) is 18.3 Å². The number of carbonyl (C=O) groups excluding carboxylic acids is 2. The minimum atomic E-state index is -4.21. The SMILES string of the molecule is CC(C)(C)OC(=O)CN(Cc1ccccc1)C(=O)[C@@H]1C[C@@H](SC(c2ccccc2)(c2ccccc2)c2ccccc2)CN1S(=O)(=O)c1ccc2ccccc2c1. The molecule has 2 atom stereocenters. The second-order valence-corrected chi connectivity index (χ2v) is 18.5. The van der Waals surface area contributed by atoms with Crippen LogP contribution in [0.15, 0.2) is 169 Å². The first-order valence-electron chi connectivity index (χ1n) is 18.8. The maximum atomic E-state index is 15.1. The molecular formula is C47H46N2O5S2. The third kappa shape index (κ3) is 8.45.